The van der Waals surface area contributed by atoms with Crippen molar-refractivity contribution in [3.63, 3.8) is 0 Å². The Morgan fingerprint density at radius 3 is 2.18 bits per heavy atom. The Balaban J connectivity index is 1.65. The van der Waals surface area contributed by atoms with Gasteiger partial charge in [0.1, 0.15) is 5.75 Å². The first-order chi connectivity index (χ1) is 13.2. The largest absolute Gasteiger partial charge is 0.495 e. The third-order valence-corrected chi connectivity index (χ3v) is 5.07. The summed E-state index contributed by atoms with van der Waals surface area (Å²) in [6, 6.07) is 13.4. The lowest BCUT2D eigenvalue weighted by molar-refractivity contribution is -0.122. The van der Waals surface area contributed by atoms with Crippen LogP contribution in [0.25, 0.3) is 0 Å². The quantitative estimate of drug-likeness (QED) is 0.802. The molecule has 2 N–H and O–H groups in total. The molecule has 1 fully saturated rings. The van der Waals surface area contributed by atoms with Gasteiger partial charge >= 0.3 is 0 Å². The van der Waals surface area contributed by atoms with Crippen molar-refractivity contribution in [3.8, 4) is 5.75 Å². The molecule has 0 heterocycles. The topological polar surface area (TPSA) is 67.4 Å². The van der Waals surface area contributed by atoms with Crippen molar-refractivity contribution < 1.29 is 14.3 Å². The Morgan fingerprint density at radius 2 is 1.57 bits per heavy atom. The number of para-hydroxylation sites is 1. The predicted octanol–water partition coefficient (Wildman–Crippen LogP) is 4.51. The summed E-state index contributed by atoms with van der Waals surface area (Å²) in [7, 11) is 1.57. The highest BCUT2D eigenvalue weighted by atomic mass is 16.5. The van der Waals surface area contributed by atoms with Crippen LogP contribution in [0.5, 0.6) is 5.75 Å². The van der Waals surface area contributed by atoms with Crippen molar-refractivity contribution in [3.05, 3.63) is 53.6 Å². The summed E-state index contributed by atoms with van der Waals surface area (Å²) >= 11 is 0. The highest BCUT2D eigenvalue weighted by molar-refractivity contribution is 6.04. The molecule has 1 saturated carbocycles. The summed E-state index contributed by atoms with van der Waals surface area (Å²) in [6.45, 7) is 8.29. The summed E-state index contributed by atoms with van der Waals surface area (Å²) in [5, 5.41) is 5.92. The van der Waals surface area contributed by atoms with Crippen molar-refractivity contribution in [2.24, 2.45) is 11.8 Å². The zero-order valence-corrected chi connectivity index (χ0v) is 17.1. The van der Waals surface area contributed by atoms with E-state index in [9.17, 15) is 9.59 Å². The first-order valence-electron chi connectivity index (χ1n) is 9.56. The molecule has 5 nitrogen and oxygen atoms in total. The van der Waals surface area contributed by atoms with E-state index in [1.54, 1.807) is 7.11 Å². The fourth-order valence-corrected chi connectivity index (χ4v) is 3.39. The average Bonchev–Trinajstić information content (AvgIpc) is 3.42. The molecule has 1 aliphatic carbocycles. The van der Waals surface area contributed by atoms with E-state index in [-0.39, 0.29) is 29.1 Å². The fraction of sp³-hybridized carbons (Fsp3) is 0.391. The number of aryl methyl sites for hydroxylation is 1. The third-order valence-electron chi connectivity index (χ3n) is 5.07. The smallest absolute Gasteiger partial charge is 0.228 e. The standard InChI is InChI=1S/C23H28N2O3/c1-14-10-11-20(28-5)19(12-14)25-22(27)16-13-15(16)21(26)24-18-9-7-6-8-17(18)23(2,3)4/h6-12,15-16H,13H2,1-5H3,(H,24,26)(H,25,27). The Morgan fingerprint density at radius 1 is 0.964 bits per heavy atom. The normalized spacial score (nSPS) is 18.3. The second kappa shape index (κ2) is 7.66. The number of hydrogen-bond acceptors (Lipinski definition) is 3. The molecule has 5 heteroatoms. The molecule has 2 aromatic rings. The van der Waals surface area contributed by atoms with Crippen molar-refractivity contribution in [1.82, 2.24) is 0 Å². The van der Waals surface area contributed by atoms with Crippen molar-refractivity contribution in [2.75, 3.05) is 17.7 Å². The highest BCUT2D eigenvalue weighted by Gasteiger charge is 2.48. The minimum atomic E-state index is -0.313. The maximum atomic E-state index is 12.7. The van der Waals surface area contributed by atoms with Gasteiger partial charge in [-0.3, -0.25) is 9.59 Å². The zero-order valence-electron chi connectivity index (χ0n) is 17.1. The molecule has 1 aliphatic rings. The lowest BCUT2D eigenvalue weighted by Crippen LogP contribution is -2.23. The lowest BCUT2D eigenvalue weighted by Gasteiger charge is -2.23. The molecule has 0 saturated heterocycles. The van der Waals surface area contributed by atoms with E-state index in [4.69, 9.17) is 4.74 Å². The van der Waals surface area contributed by atoms with Gasteiger partial charge in [-0.2, -0.15) is 0 Å². The average molecular weight is 380 g/mol. The molecule has 0 aliphatic heterocycles. The number of hydrogen-bond donors (Lipinski definition) is 2. The number of carbonyl (C=O) groups is 2. The second-order valence-corrected chi connectivity index (χ2v) is 8.43. The van der Waals surface area contributed by atoms with Crippen molar-refractivity contribution in [2.45, 2.75) is 39.5 Å². The van der Waals surface area contributed by atoms with E-state index in [1.807, 2.05) is 49.4 Å². The number of nitrogens with one attached hydrogen (secondary N) is 2. The molecule has 148 valence electrons. The van der Waals surface area contributed by atoms with Crippen molar-refractivity contribution >= 4 is 23.2 Å². The molecule has 2 atom stereocenters. The van der Waals surface area contributed by atoms with Crippen LogP contribution < -0.4 is 15.4 Å². The van der Waals surface area contributed by atoms with E-state index in [2.05, 4.69) is 31.4 Å². The molecular weight excluding hydrogens is 352 g/mol. The Kier molecular flexibility index (Phi) is 5.45. The Hall–Kier alpha value is -2.82. The zero-order chi connectivity index (χ0) is 20.5. The summed E-state index contributed by atoms with van der Waals surface area (Å²) in [5.74, 6) is -0.253. The van der Waals surface area contributed by atoms with E-state index in [0.29, 0.717) is 17.9 Å². The number of benzene rings is 2. The van der Waals surface area contributed by atoms with Gasteiger partial charge in [-0.1, -0.05) is 45.0 Å². The number of methoxy groups -OCH3 is 1. The monoisotopic (exact) mass is 380 g/mol. The van der Waals surface area contributed by atoms with Crippen LogP contribution in [0.1, 0.15) is 38.3 Å². The molecule has 2 unspecified atom stereocenters. The van der Waals surface area contributed by atoms with Crippen LogP contribution in [0.2, 0.25) is 0 Å². The van der Waals surface area contributed by atoms with Crippen LogP contribution in [0, 0.1) is 18.8 Å². The van der Waals surface area contributed by atoms with Gasteiger partial charge in [-0.05, 0) is 48.1 Å². The van der Waals surface area contributed by atoms with Gasteiger partial charge in [0.25, 0.3) is 0 Å². The predicted molar refractivity (Wildman–Crippen MR) is 112 cm³/mol. The van der Waals surface area contributed by atoms with E-state index < -0.39 is 0 Å². The minimum Gasteiger partial charge on any atom is -0.495 e. The van der Waals surface area contributed by atoms with Gasteiger partial charge in [0.2, 0.25) is 11.8 Å². The number of anilines is 2. The van der Waals surface area contributed by atoms with E-state index >= 15 is 0 Å². The fourth-order valence-electron chi connectivity index (χ4n) is 3.39. The highest BCUT2D eigenvalue weighted by Crippen LogP contribution is 2.41. The molecular formula is C23H28N2O3. The molecule has 0 radical (unpaired) electrons. The number of rotatable bonds is 5. The second-order valence-electron chi connectivity index (χ2n) is 8.43. The molecule has 3 rings (SSSR count). The first kappa shape index (κ1) is 19.9. The number of carbonyl (C=O) groups excluding carboxylic acids is 2. The summed E-state index contributed by atoms with van der Waals surface area (Å²) in [5.41, 5.74) is 3.48. The number of ether oxygens (including phenoxy) is 1. The van der Waals surface area contributed by atoms with Gasteiger partial charge in [0, 0.05) is 5.69 Å². The third kappa shape index (κ3) is 4.35. The maximum absolute atomic E-state index is 12.7. The lowest BCUT2D eigenvalue weighted by atomic mass is 9.86. The van der Waals surface area contributed by atoms with Crippen LogP contribution in [0.3, 0.4) is 0 Å². The molecule has 0 spiro atoms. The van der Waals surface area contributed by atoms with Crippen LogP contribution in [-0.2, 0) is 15.0 Å². The minimum absolute atomic E-state index is 0.0775. The van der Waals surface area contributed by atoms with Gasteiger partial charge < -0.3 is 15.4 Å². The van der Waals surface area contributed by atoms with Gasteiger partial charge in [-0.25, -0.2) is 0 Å². The Bertz CT molecular complexity index is 899. The maximum Gasteiger partial charge on any atom is 0.228 e. The summed E-state index contributed by atoms with van der Waals surface area (Å²) < 4.78 is 5.31. The summed E-state index contributed by atoms with van der Waals surface area (Å²) in [6.07, 6.45) is 0.559. The number of amides is 2. The van der Waals surface area contributed by atoms with Crippen LogP contribution in [-0.4, -0.2) is 18.9 Å². The van der Waals surface area contributed by atoms with E-state index in [0.717, 1.165) is 16.8 Å². The van der Waals surface area contributed by atoms with Crippen LogP contribution >= 0.6 is 0 Å². The molecule has 2 aromatic carbocycles. The van der Waals surface area contributed by atoms with Crippen LogP contribution in [0.4, 0.5) is 11.4 Å². The summed E-state index contributed by atoms with van der Waals surface area (Å²) in [4.78, 5) is 25.3. The Labute approximate surface area is 166 Å². The van der Waals surface area contributed by atoms with Gasteiger partial charge in [-0.15, -0.1) is 0 Å². The first-order valence-corrected chi connectivity index (χ1v) is 9.56. The molecule has 0 bridgehead atoms. The van der Waals surface area contributed by atoms with E-state index in [1.165, 1.54) is 0 Å². The van der Waals surface area contributed by atoms with Crippen LogP contribution in [0.15, 0.2) is 42.5 Å². The molecule has 28 heavy (non-hydrogen) atoms. The molecule has 2 amide bonds. The van der Waals surface area contributed by atoms with Crippen molar-refractivity contribution in [1.29, 1.82) is 0 Å². The molecule has 0 aromatic heterocycles. The van der Waals surface area contributed by atoms with Gasteiger partial charge in [0.05, 0.1) is 24.6 Å². The SMILES string of the molecule is COc1ccc(C)cc1NC(=O)C1CC1C(=O)Nc1ccccc1C(C)(C)C. The van der Waals surface area contributed by atoms with Gasteiger partial charge in [0.15, 0.2) is 0 Å².